The first-order valence-electron chi connectivity index (χ1n) is 3.91. The Bertz CT molecular complexity index is 168. The van der Waals surface area contributed by atoms with Crippen molar-refractivity contribution in [2.45, 2.75) is 19.8 Å². The summed E-state index contributed by atoms with van der Waals surface area (Å²) in [4.78, 5) is 10.3. The van der Waals surface area contributed by atoms with Gasteiger partial charge in [-0.25, -0.2) is 0 Å². The minimum Gasteiger partial charge on any atom is -0.370 e. The molecule has 0 aliphatic heterocycles. The highest BCUT2D eigenvalue weighted by Gasteiger charge is 1.93. The molecule has 0 aliphatic carbocycles. The number of primary amides is 1. The molecule has 0 spiro atoms. The molecule has 3 nitrogen and oxygen atoms in total. The minimum absolute atomic E-state index is 0.249. The third kappa shape index (κ3) is 7.57. The fraction of sp³-hybridized carbons (Fsp3) is 0.625. The summed E-state index contributed by atoms with van der Waals surface area (Å²) in [6.45, 7) is 3.50. The molecule has 0 aromatic rings. The number of hydrogen-bond acceptors (Lipinski definition) is 2. The number of halogens is 1. The van der Waals surface area contributed by atoms with Gasteiger partial charge in [0.15, 0.2) is 0 Å². The van der Waals surface area contributed by atoms with E-state index < -0.39 is 0 Å². The topological polar surface area (TPSA) is 55.1 Å². The van der Waals surface area contributed by atoms with Gasteiger partial charge in [0.25, 0.3) is 0 Å². The molecule has 0 fully saturated rings. The lowest BCUT2D eigenvalue weighted by molar-refractivity contribution is -0.118. The Hall–Kier alpha value is -0.540. The van der Waals surface area contributed by atoms with E-state index in [0.29, 0.717) is 6.42 Å². The molecule has 70 valence electrons. The van der Waals surface area contributed by atoms with Crippen LogP contribution in [0.2, 0.25) is 0 Å². The molecule has 12 heavy (non-hydrogen) atoms. The number of carbonyl (C=O) groups excluding carboxylic acids is 1. The molecule has 0 aliphatic rings. The molecule has 0 atom stereocenters. The van der Waals surface area contributed by atoms with Crippen molar-refractivity contribution in [3.8, 4) is 0 Å². The van der Waals surface area contributed by atoms with Gasteiger partial charge in [-0.1, -0.05) is 11.6 Å². The molecule has 3 N–H and O–H groups in total. The van der Waals surface area contributed by atoms with Gasteiger partial charge >= 0.3 is 0 Å². The number of carbonyl (C=O) groups is 1. The minimum atomic E-state index is -0.249. The number of nitrogens with two attached hydrogens (primary N) is 1. The van der Waals surface area contributed by atoms with Gasteiger partial charge in [0.1, 0.15) is 0 Å². The smallest absolute Gasteiger partial charge is 0.217 e. The van der Waals surface area contributed by atoms with Crippen molar-refractivity contribution in [2.24, 2.45) is 5.73 Å². The normalized spacial score (nSPS) is 11.7. The van der Waals surface area contributed by atoms with Crippen LogP contribution >= 0.6 is 11.6 Å². The molecule has 0 aromatic carbocycles. The first-order chi connectivity index (χ1) is 5.66. The van der Waals surface area contributed by atoms with Crippen LogP contribution in [0.1, 0.15) is 19.8 Å². The van der Waals surface area contributed by atoms with Crippen molar-refractivity contribution in [1.29, 1.82) is 0 Å². The first kappa shape index (κ1) is 11.5. The third-order valence-corrected chi connectivity index (χ3v) is 1.74. The maximum atomic E-state index is 10.3. The summed E-state index contributed by atoms with van der Waals surface area (Å²) in [6, 6.07) is 0. The van der Waals surface area contributed by atoms with Gasteiger partial charge in [0, 0.05) is 18.5 Å². The lowest BCUT2D eigenvalue weighted by Gasteiger charge is -2.02. The summed E-state index contributed by atoms with van der Waals surface area (Å²) in [6.07, 6.45) is 1.22. The van der Waals surface area contributed by atoms with Gasteiger partial charge in [0.2, 0.25) is 5.91 Å². The molecular formula is C8H15ClN2O. The molecule has 0 rings (SSSR count). The average Bonchev–Trinajstić information content (AvgIpc) is 2.03. The SMILES string of the molecule is CC(=CCl)CNCCCC(N)=O. The zero-order chi connectivity index (χ0) is 9.40. The van der Waals surface area contributed by atoms with E-state index in [9.17, 15) is 4.79 Å². The Morgan fingerprint density at radius 2 is 2.33 bits per heavy atom. The van der Waals surface area contributed by atoms with Crippen LogP contribution in [-0.2, 0) is 4.79 Å². The predicted octanol–water partition coefficient (Wildman–Crippen LogP) is 0.984. The van der Waals surface area contributed by atoms with E-state index in [-0.39, 0.29) is 5.91 Å². The number of hydrogen-bond donors (Lipinski definition) is 2. The van der Waals surface area contributed by atoms with E-state index in [1.54, 1.807) is 5.54 Å². The summed E-state index contributed by atoms with van der Waals surface area (Å²) >= 11 is 5.44. The second-order valence-electron chi connectivity index (χ2n) is 2.70. The van der Waals surface area contributed by atoms with Crippen LogP contribution in [0.25, 0.3) is 0 Å². The zero-order valence-electron chi connectivity index (χ0n) is 7.27. The van der Waals surface area contributed by atoms with Gasteiger partial charge in [-0.2, -0.15) is 0 Å². The van der Waals surface area contributed by atoms with Crippen LogP contribution in [-0.4, -0.2) is 19.0 Å². The van der Waals surface area contributed by atoms with Crippen LogP contribution in [0.5, 0.6) is 0 Å². The molecular weight excluding hydrogens is 176 g/mol. The van der Waals surface area contributed by atoms with E-state index in [2.05, 4.69) is 5.32 Å². The number of rotatable bonds is 6. The molecule has 0 unspecified atom stereocenters. The summed E-state index contributed by atoms with van der Waals surface area (Å²) < 4.78 is 0. The molecule has 0 radical (unpaired) electrons. The fourth-order valence-electron chi connectivity index (χ4n) is 0.712. The molecule has 4 heteroatoms. The Balaban J connectivity index is 3.16. The van der Waals surface area contributed by atoms with Crippen molar-refractivity contribution in [3.05, 3.63) is 11.1 Å². The van der Waals surface area contributed by atoms with E-state index in [1.165, 1.54) is 0 Å². The van der Waals surface area contributed by atoms with Crippen LogP contribution in [0.3, 0.4) is 0 Å². The Morgan fingerprint density at radius 1 is 1.67 bits per heavy atom. The molecule has 0 saturated carbocycles. The van der Waals surface area contributed by atoms with Gasteiger partial charge < -0.3 is 11.1 Å². The zero-order valence-corrected chi connectivity index (χ0v) is 8.03. The summed E-state index contributed by atoms with van der Waals surface area (Å²) in [5.41, 5.74) is 7.58. The number of nitrogens with one attached hydrogen (secondary N) is 1. The maximum absolute atomic E-state index is 10.3. The average molecular weight is 191 g/mol. The van der Waals surface area contributed by atoms with Crippen molar-refractivity contribution >= 4 is 17.5 Å². The van der Waals surface area contributed by atoms with Gasteiger partial charge in [0.05, 0.1) is 0 Å². The lowest BCUT2D eigenvalue weighted by atomic mass is 10.3. The quantitative estimate of drug-likeness (QED) is 0.614. The third-order valence-electron chi connectivity index (χ3n) is 1.37. The predicted molar refractivity (Wildman–Crippen MR) is 50.9 cm³/mol. The fourth-order valence-corrected chi connectivity index (χ4v) is 0.789. The highest BCUT2D eigenvalue weighted by molar-refractivity contribution is 6.25. The van der Waals surface area contributed by atoms with Gasteiger partial charge in [-0.05, 0) is 25.5 Å². The molecule has 0 saturated heterocycles. The standard InChI is InChI=1S/C8H15ClN2O/c1-7(5-9)6-11-4-2-3-8(10)12/h5,11H,2-4,6H2,1H3,(H2,10,12). The van der Waals surface area contributed by atoms with E-state index in [4.69, 9.17) is 17.3 Å². The molecule has 0 bridgehead atoms. The number of amides is 1. The molecule has 1 amide bonds. The monoisotopic (exact) mass is 190 g/mol. The van der Waals surface area contributed by atoms with E-state index in [0.717, 1.165) is 25.1 Å². The van der Waals surface area contributed by atoms with Crippen molar-refractivity contribution in [1.82, 2.24) is 5.32 Å². The van der Waals surface area contributed by atoms with Crippen molar-refractivity contribution in [2.75, 3.05) is 13.1 Å². The summed E-state index contributed by atoms with van der Waals surface area (Å²) in [5.74, 6) is -0.249. The van der Waals surface area contributed by atoms with Crippen LogP contribution in [0.15, 0.2) is 11.1 Å². The summed E-state index contributed by atoms with van der Waals surface area (Å²) in [5, 5.41) is 3.13. The molecule has 0 heterocycles. The van der Waals surface area contributed by atoms with Gasteiger partial charge in [-0.3, -0.25) is 4.79 Å². The van der Waals surface area contributed by atoms with Crippen molar-refractivity contribution < 1.29 is 4.79 Å². The van der Waals surface area contributed by atoms with E-state index >= 15 is 0 Å². The van der Waals surface area contributed by atoms with Crippen LogP contribution in [0.4, 0.5) is 0 Å². The van der Waals surface area contributed by atoms with Crippen molar-refractivity contribution in [3.63, 3.8) is 0 Å². The Morgan fingerprint density at radius 3 is 2.83 bits per heavy atom. The molecule has 0 aromatic heterocycles. The van der Waals surface area contributed by atoms with Crippen LogP contribution < -0.4 is 11.1 Å². The lowest BCUT2D eigenvalue weighted by Crippen LogP contribution is -2.19. The highest BCUT2D eigenvalue weighted by atomic mass is 35.5. The summed E-state index contributed by atoms with van der Waals surface area (Å²) in [7, 11) is 0. The Kier molecular flexibility index (Phi) is 6.81. The second-order valence-corrected chi connectivity index (χ2v) is 2.92. The van der Waals surface area contributed by atoms with Gasteiger partial charge in [-0.15, -0.1) is 0 Å². The maximum Gasteiger partial charge on any atom is 0.217 e. The van der Waals surface area contributed by atoms with E-state index in [1.807, 2.05) is 6.92 Å². The largest absolute Gasteiger partial charge is 0.370 e. The highest BCUT2D eigenvalue weighted by Crippen LogP contribution is 1.92. The second kappa shape index (κ2) is 7.13. The van der Waals surface area contributed by atoms with Crippen LogP contribution in [0, 0.1) is 0 Å². The Labute approximate surface area is 78.0 Å². The first-order valence-corrected chi connectivity index (χ1v) is 4.35.